The number of hydrogen-bond acceptors (Lipinski definition) is 0. The van der Waals surface area contributed by atoms with Gasteiger partial charge in [-0.2, -0.15) is 0 Å². The molecule has 0 aromatic heterocycles. The Morgan fingerprint density at radius 2 is 1.42 bits per heavy atom. The zero-order valence-electron chi connectivity index (χ0n) is 16.8. The summed E-state index contributed by atoms with van der Waals surface area (Å²) in [6, 6.07) is 10.7. The fourth-order valence-electron chi connectivity index (χ4n) is 3.91. The number of hydrogen-bond donors (Lipinski definition) is 0. The van der Waals surface area contributed by atoms with Crippen molar-refractivity contribution in [3.63, 3.8) is 0 Å². The van der Waals surface area contributed by atoms with Crippen LogP contribution < -0.4 is 0 Å². The van der Waals surface area contributed by atoms with Crippen LogP contribution in [0.3, 0.4) is 0 Å². The Balaban J connectivity index is 2.70. The van der Waals surface area contributed by atoms with Crippen molar-refractivity contribution in [3.05, 3.63) is 48.0 Å². The molecule has 1 heteroatoms. The summed E-state index contributed by atoms with van der Waals surface area (Å²) in [6.45, 7) is 16.5. The van der Waals surface area contributed by atoms with Crippen LogP contribution in [-0.4, -0.2) is 8.07 Å². The highest BCUT2D eigenvalue weighted by Crippen LogP contribution is 2.40. The number of rotatable bonds is 7. The second-order valence-corrected chi connectivity index (χ2v) is 13.5. The van der Waals surface area contributed by atoms with Crippen molar-refractivity contribution >= 4 is 8.07 Å². The molecule has 0 aliphatic rings. The summed E-state index contributed by atoms with van der Waals surface area (Å²) < 4.78 is 0. The minimum absolute atomic E-state index is 0.351. The first-order valence-corrected chi connectivity index (χ1v) is 11.8. The third kappa shape index (κ3) is 5.67. The molecule has 0 heterocycles. The number of aryl methyl sites for hydroxylation is 1. The molecule has 0 unspecified atom stereocenters. The molecule has 0 spiro atoms. The molecule has 1 atom stereocenters. The minimum Gasteiger partial charge on any atom is -0.130 e. The summed E-state index contributed by atoms with van der Waals surface area (Å²) in [5.74, 6) is 3.94. The van der Waals surface area contributed by atoms with Gasteiger partial charge in [-0.05, 0) is 42.0 Å². The van der Waals surface area contributed by atoms with E-state index in [0.717, 1.165) is 12.8 Å². The van der Waals surface area contributed by atoms with Gasteiger partial charge >= 0.3 is 0 Å². The van der Waals surface area contributed by atoms with Gasteiger partial charge in [-0.15, -0.1) is 11.5 Å². The summed E-state index contributed by atoms with van der Waals surface area (Å²) in [5, 5.41) is 0. The molecule has 0 radical (unpaired) electrons. The van der Waals surface area contributed by atoms with Gasteiger partial charge in [0, 0.05) is 5.92 Å². The first-order valence-electron chi connectivity index (χ1n) is 9.54. The fraction of sp³-hybridized carbons (Fsp3) is 0.565. The topological polar surface area (TPSA) is 0 Å². The molecule has 24 heavy (non-hydrogen) atoms. The van der Waals surface area contributed by atoms with E-state index >= 15 is 0 Å². The van der Waals surface area contributed by atoms with Gasteiger partial charge < -0.3 is 0 Å². The molecule has 1 aromatic rings. The van der Waals surface area contributed by atoms with E-state index in [4.69, 9.17) is 0 Å². The molecule has 0 bridgehead atoms. The van der Waals surface area contributed by atoms with Crippen molar-refractivity contribution in [2.45, 2.75) is 77.9 Å². The van der Waals surface area contributed by atoms with Gasteiger partial charge in [0.25, 0.3) is 0 Å². The van der Waals surface area contributed by atoms with E-state index in [1.165, 1.54) is 5.56 Å². The van der Waals surface area contributed by atoms with Gasteiger partial charge in [-0.1, -0.05) is 84.0 Å². The van der Waals surface area contributed by atoms with Crippen LogP contribution in [0.15, 0.2) is 42.5 Å². The first-order chi connectivity index (χ1) is 11.3. The van der Waals surface area contributed by atoms with Crippen LogP contribution in [0.4, 0.5) is 0 Å². The molecule has 132 valence electrons. The molecule has 1 aromatic carbocycles. The molecular weight excluding hydrogens is 304 g/mol. The van der Waals surface area contributed by atoms with Crippen LogP contribution in [-0.2, 0) is 6.42 Å². The van der Waals surface area contributed by atoms with E-state index in [0.29, 0.717) is 22.5 Å². The van der Waals surface area contributed by atoms with Crippen molar-refractivity contribution in [2.24, 2.45) is 5.92 Å². The monoisotopic (exact) mass is 340 g/mol. The molecule has 0 N–H and O–H groups in total. The van der Waals surface area contributed by atoms with Crippen molar-refractivity contribution in [1.29, 1.82) is 0 Å². The summed E-state index contributed by atoms with van der Waals surface area (Å²) in [4.78, 5) is 0. The lowest BCUT2D eigenvalue weighted by Gasteiger charge is -2.38. The molecular formula is C23H36Si. The normalized spacial score (nSPS) is 13.6. The zero-order chi connectivity index (χ0) is 18.2. The minimum atomic E-state index is -1.59. The molecule has 0 saturated carbocycles. The van der Waals surface area contributed by atoms with Gasteiger partial charge in [-0.3, -0.25) is 0 Å². The summed E-state index contributed by atoms with van der Waals surface area (Å²) in [6.07, 6.45) is 6.79. The molecule has 0 nitrogen and oxygen atoms in total. The standard InChI is InChI=1S/C23H36Si/c1-19(2)24(20(3)4,21(5)6)18-17-22(7)13-11-12-16-23-14-9-8-10-15-23/h8-11,13-15,19-22H,12,16H2,1-7H3/b13-11+/t22-/m1/s1. The molecule has 0 amide bonds. The van der Waals surface area contributed by atoms with Crippen molar-refractivity contribution in [2.75, 3.05) is 0 Å². The van der Waals surface area contributed by atoms with Crippen LogP contribution in [0, 0.1) is 17.4 Å². The third-order valence-corrected chi connectivity index (χ3v) is 11.6. The molecule has 0 aliphatic carbocycles. The molecule has 0 fully saturated rings. The lowest BCUT2D eigenvalue weighted by atomic mass is 10.1. The zero-order valence-corrected chi connectivity index (χ0v) is 17.8. The summed E-state index contributed by atoms with van der Waals surface area (Å²) in [5.41, 5.74) is 7.36. The smallest absolute Gasteiger partial charge is 0.130 e. The average Bonchev–Trinajstić information content (AvgIpc) is 2.52. The van der Waals surface area contributed by atoms with Crippen molar-refractivity contribution in [3.8, 4) is 11.5 Å². The summed E-state index contributed by atoms with van der Waals surface area (Å²) >= 11 is 0. The highest BCUT2D eigenvalue weighted by molar-refractivity contribution is 6.90. The van der Waals surface area contributed by atoms with Gasteiger partial charge in [0.05, 0.1) is 0 Å². The maximum atomic E-state index is 3.83. The first kappa shape index (κ1) is 20.8. The Bertz CT molecular complexity index is 533. The second kappa shape index (κ2) is 9.89. The Labute approximate surface area is 151 Å². The largest absolute Gasteiger partial charge is 0.145 e. The highest BCUT2D eigenvalue weighted by Gasteiger charge is 2.41. The predicted octanol–water partition coefficient (Wildman–Crippen LogP) is 7.03. The molecule has 1 rings (SSSR count). The van der Waals surface area contributed by atoms with Crippen LogP contribution in [0.25, 0.3) is 0 Å². The maximum Gasteiger partial charge on any atom is 0.145 e. The van der Waals surface area contributed by atoms with Gasteiger partial charge in [0.1, 0.15) is 8.07 Å². The van der Waals surface area contributed by atoms with Crippen LogP contribution >= 0.6 is 0 Å². The van der Waals surface area contributed by atoms with Crippen LogP contribution in [0.5, 0.6) is 0 Å². The third-order valence-electron chi connectivity index (χ3n) is 5.25. The quantitative estimate of drug-likeness (QED) is 0.284. The van der Waals surface area contributed by atoms with Gasteiger partial charge in [-0.25, -0.2) is 0 Å². The Morgan fingerprint density at radius 3 is 1.92 bits per heavy atom. The Kier molecular flexibility index (Phi) is 8.57. The maximum absolute atomic E-state index is 3.83. The van der Waals surface area contributed by atoms with Crippen LogP contribution in [0.1, 0.15) is 60.5 Å². The van der Waals surface area contributed by atoms with E-state index in [1.54, 1.807) is 0 Å². The van der Waals surface area contributed by atoms with E-state index < -0.39 is 8.07 Å². The van der Waals surface area contributed by atoms with Crippen molar-refractivity contribution < 1.29 is 0 Å². The fourth-order valence-corrected chi connectivity index (χ4v) is 9.26. The van der Waals surface area contributed by atoms with Crippen LogP contribution in [0.2, 0.25) is 16.6 Å². The van der Waals surface area contributed by atoms with Gasteiger partial charge in [0.2, 0.25) is 0 Å². The molecule has 0 saturated heterocycles. The van der Waals surface area contributed by atoms with Gasteiger partial charge in [0.15, 0.2) is 0 Å². The summed E-state index contributed by atoms with van der Waals surface area (Å²) in [7, 11) is -1.59. The number of allylic oxidation sites excluding steroid dienone is 2. The average molecular weight is 341 g/mol. The second-order valence-electron chi connectivity index (χ2n) is 7.91. The Morgan fingerprint density at radius 1 is 0.875 bits per heavy atom. The number of benzene rings is 1. The molecule has 0 aliphatic heterocycles. The Hall–Kier alpha value is -1.26. The van der Waals surface area contributed by atoms with E-state index in [-0.39, 0.29) is 0 Å². The van der Waals surface area contributed by atoms with E-state index in [9.17, 15) is 0 Å². The van der Waals surface area contributed by atoms with Crippen molar-refractivity contribution in [1.82, 2.24) is 0 Å². The van der Waals surface area contributed by atoms with E-state index in [1.807, 2.05) is 0 Å². The highest BCUT2D eigenvalue weighted by atomic mass is 28.3. The predicted molar refractivity (Wildman–Crippen MR) is 112 cm³/mol. The van der Waals surface area contributed by atoms with E-state index in [2.05, 4.69) is 102 Å². The lowest BCUT2D eigenvalue weighted by Crippen LogP contribution is -2.43. The lowest BCUT2D eigenvalue weighted by molar-refractivity contribution is 0.837. The SMILES string of the molecule is CC(C)[Si](C#C[C@H](C)/C=C/CCc1ccccc1)(C(C)C)C(C)C.